The molecule has 2 N–H and O–H groups in total. The Hall–Kier alpha value is -2.18. The second kappa shape index (κ2) is 5.85. The lowest BCUT2D eigenvalue weighted by molar-refractivity contribution is 0.483. The van der Waals surface area contributed by atoms with Crippen molar-refractivity contribution in [1.82, 2.24) is 0 Å². The second-order valence-corrected chi connectivity index (χ2v) is 5.54. The Labute approximate surface area is 117 Å². The van der Waals surface area contributed by atoms with E-state index in [9.17, 15) is 8.42 Å². The Morgan fingerprint density at radius 3 is 2.30 bits per heavy atom. The number of para-hydroxylation sites is 1. The van der Waals surface area contributed by atoms with Gasteiger partial charge in [0, 0.05) is 0 Å². The van der Waals surface area contributed by atoms with Gasteiger partial charge in [-0.1, -0.05) is 42.5 Å². The van der Waals surface area contributed by atoms with Crippen molar-refractivity contribution < 1.29 is 13.0 Å². The molecule has 0 unspecified atom stereocenters. The van der Waals surface area contributed by atoms with E-state index in [4.69, 9.17) is 4.55 Å². The first-order valence-corrected chi connectivity index (χ1v) is 7.35. The van der Waals surface area contributed by atoms with Gasteiger partial charge in [-0.15, -0.1) is 0 Å². The molecule has 20 heavy (non-hydrogen) atoms. The Morgan fingerprint density at radius 2 is 1.65 bits per heavy atom. The van der Waals surface area contributed by atoms with Gasteiger partial charge in [0.1, 0.15) is 4.90 Å². The summed E-state index contributed by atoms with van der Waals surface area (Å²) in [5, 5.41) is 4.13. The van der Waals surface area contributed by atoms with Gasteiger partial charge in [0.15, 0.2) is 0 Å². The summed E-state index contributed by atoms with van der Waals surface area (Å²) in [6.07, 6.45) is 0. The molecule has 2 aromatic rings. The smallest absolute Gasteiger partial charge is 0.282 e. The van der Waals surface area contributed by atoms with Crippen molar-refractivity contribution in [2.45, 2.75) is 11.8 Å². The van der Waals surface area contributed by atoms with Crippen LogP contribution in [-0.4, -0.2) is 18.7 Å². The largest absolute Gasteiger partial charge is 0.296 e. The minimum atomic E-state index is -4.28. The topological polar surface area (TPSA) is 78.8 Å². The first-order valence-electron chi connectivity index (χ1n) is 5.91. The maximum atomic E-state index is 11.2. The van der Waals surface area contributed by atoms with Gasteiger partial charge in [-0.25, -0.2) is 0 Å². The van der Waals surface area contributed by atoms with Crippen molar-refractivity contribution in [3.63, 3.8) is 0 Å². The first kappa shape index (κ1) is 14.2. The fourth-order valence-electron chi connectivity index (χ4n) is 1.67. The Kier molecular flexibility index (Phi) is 4.16. The number of hydrazone groups is 1. The summed E-state index contributed by atoms with van der Waals surface area (Å²) in [4.78, 5) is -0.204. The highest BCUT2D eigenvalue weighted by Gasteiger charge is 2.14. The van der Waals surface area contributed by atoms with E-state index >= 15 is 0 Å². The predicted octanol–water partition coefficient (Wildman–Crippen LogP) is 2.77. The predicted molar refractivity (Wildman–Crippen MR) is 78.5 cm³/mol. The molecule has 6 heteroatoms. The van der Waals surface area contributed by atoms with Crippen LogP contribution in [0.1, 0.15) is 12.5 Å². The zero-order chi connectivity index (χ0) is 14.6. The van der Waals surface area contributed by atoms with E-state index in [1.54, 1.807) is 13.0 Å². The summed E-state index contributed by atoms with van der Waals surface area (Å²) >= 11 is 0. The van der Waals surface area contributed by atoms with Gasteiger partial charge in [-0.05, 0) is 24.6 Å². The molecule has 0 bridgehead atoms. The number of nitrogens with zero attached hydrogens (tertiary/aromatic N) is 1. The third-order valence-electron chi connectivity index (χ3n) is 2.70. The van der Waals surface area contributed by atoms with Crippen LogP contribution in [0.3, 0.4) is 0 Å². The molecule has 0 aliphatic heterocycles. The SMILES string of the molecule is C/C(=N/Nc1ccccc1S(=O)(=O)O)c1ccccc1. The zero-order valence-electron chi connectivity index (χ0n) is 10.8. The lowest BCUT2D eigenvalue weighted by Crippen LogP contribution is -2.05. The summed E-state index contributed by atoms with van der Waals surface area (Å²) in [7, 11) is -4.28. The quantitative estimate of drug-likeness (QED) is 0.515. The molecule has 0 aliphatic rings. The van der Waals surface area contributed by atoms with Gasteiger partial charge >= 0.3 is 0 Å². The minimum absolute atomic E-state index is 0.204. The maximum absolute atomic E-state index is 11.2. The van der Waals surface area contributed by atoms with Crippen LogP contribution >= 0.6 is 0 Å². The molecule has 104 valence electrons. The average molecular weight is 290 g/mol. The molecule has 2 rings (SSSR count). The van der Waals surface area contributed by atoms with Gasteiger partial charge in [-0.3, -0.25) is 9.98 Å². The highest BCUT2D eigenvalue weighted by Crippen LogP contribution is 2.20. The highest BCUT2D eigenvalue weighted by molar-refractivity contribution is 7.86. The number of rotatable bonds is 4. The van der Waals surface area contributed by atoms with Gasteiger partial charge in [0.25, 0.3) is 10.1 Å². The normalized spacial score (nSPS) is 12.2. The van der Waals surface area contributed by atoms with Crippen LogP contribution < -0.4 is 5.43 Å². The molecule has 0 atom stereocenters. The van der Waals surface area contributed by atoms with Crippen LogP contribution in [0.2, 0.25) is 0 Å². The average Bonchev–Trinajstić information content (AvgIpc) is 2.45. The molecule has 2 aromatic carbocycles. The monoisotopic (exact) mass is 290 g/mol. The summed E-state index contributed by atoms with van der Waals surface area (Å²) in [5.74, 6) is 0. The molecule has 5 nitrogen and oxygen atoms in total. The van der Waals surface area contributed by atoms with Crippen LogP contribution in [0.5, 0.6) is 0 Å². The standard InChI is InChI=1S/C14H14N2O3S/c1-11(12-7-3-2-4-8-12)15-16-13-9-5-6-10-14(13)20(17,18)19/h2-10,16H,1H3,(H,17,18,19)/b15-11-. The van der Waals surface area contributed by atoms with E-state index in [0.29, 0.717) is 5.71 Å². The third-order valence-corrected chi connectivity index (χ3v) is 3.61. The van der Waals surface area contributed by atoms with Crippen molar-refractivity contribution >= 4 is 21.5 Å². The summed E-state index contributed by atoms with van der Waals surface area (Å²) in [6.45, 7) is 1.80. The maximum Gasteiger partial charge on any atom is 0.296 e. The summed E-state index contributed by atoms with van der Waals surface area (Å²) < 4.78 is 31.6. The van der Waals surface area contributed by atoms with Crippen molar-refractivity contribution in [3.8, 4) is 0 Å². The number of hydrogen-bond acceptors (Lipinski definition) is 4. The number of hydrogen-bond donors (Lipinski definition) is 2. The Bertz CT molecular complexity index is 725. The van der Waals surface area contributed by atoms with E-state index in [1.165, 1.54) is 18.2 Å². The van der Waals surface area contributed by atoms with Crippen LogP contribution in [-0.2, 0) is 10.1 Å². The number of anilines is 1. The summed E-state index contributed by atoms with van der Waals surface area (Å²) in [5.41, 5.74) is 4.52. The van der Waals surface area contributed by atoms with Crippen molar-refractivity contribution in [2.75, 3.05) is 5.43 Å². The molecule has 0 saturated heterocycles. The highest BCUT2D eigenvalue weighted by atomic mass is 32.2. The van der Waals surface area contributed by atoms with Crippen molar-refractivity contribution in [3.05, 3.63) is 60.2 Å². The van der Waals surface area contributed by atoms with Crippen LogP contribution in [0.25, 0.3) is 0 Å². The Balaban J connectivity index is 2.28. The molecule has 0 saturated carbocycles. The first-order chi connectivity index (χ1) is 9.48. The lowest BCUT2D eigenvalue weighted by Gasteiger charge is -2.07. The molecule has 0 aromatic heterocycles. The minimum Gasteiger partial charge on any atom is -0.282 e. The van der Waals surface area contributed by atoms with Crippen LogP contribution in [0, 0.1) is 0 Å². The van der Waals surface area contributed by atoms with E-state index in [2.05, 4.69) is 10.5 Å². The molecular formula is C14H14N2O3S. The number of nitrogens with one attached hydrogen (secondary N) is 1. The fourth-order valence-corrected chi connectivity index (χ4v) is 2.31. The van der Waals surface area contributed by atoms with Gasteiger partial charge in [-0.2, -0.15) is 13.5 Å². The van der Waals surface area contributed by atoms with E-state index in [-0.39, 0.29) is 10.6 Å². The molecule has 0 fully saturated rings. The second-order valence-electron chi connectivity index (χ2n) is 4.15. The molecular weight excluding hydrogens is 276 g/mol. The summed E-state index contributed by atoms with van der Waals surface area (Å²) in [6, 6.07) is 15.5. The van der Waals surface area contributed by atoms with Crippen molar-refractivity contribution in [1.29, 1.82) is 0 Å². The zero-order valence-corrected chi connectivity index (χ0v) is 11.6. The van der Waals surface area contributed by atoms with Crippen molar-refractivity contribution in [2.24, 2.45) is 5.10 Å². The number of benzene rings is 2. The van der Waals surface area contributed by atoms with Crippen LogP contribution in [0.15, 0.2) is 64.6 Å². The molecule has 0 amide bonds. The van der Waals surface area contributed by atoms with Gasteiger partial charge < -0.3 is 0 Å². The van der Waals surface area contributed by atoms with Gasteiger partial charge in [0.2, 0.25) is 0 Å². The lowest BCUT2D eigenvalue weighted by atomic mass is 10.1. The van der Waals surface area contributed by atoms with E-state index in [1.807, 2.05) is 30.3 Å². The Morgan fingerprint density at radius 1 is 1.05 bits per heavy atom. The molecule has 0 spiro atoms. The van der Waals surface area contributed by atoms with E-state index < -0.39 is 10.1 Å². The third kappa shape index (κ3) is 3.43. The van der Waals surface area contributed by atoms with Crippen LogP contribution in [0.4, 0.5) is 5.69 Å². The molecule has 0 heterocycles. The molecule has 0 radical (unpaired) electrons. The fraction of sp³-hybridized carbons (Fsp3) is 0.0714. The van der Waals surface area contributed by atoms with Gasteiger partial charge in [0.05, 0.1) is 11.4 Å². The van der Waals surface area contributed by atoms with E-state index in [0.717, 1.165) is 5.56 Å². The molecule has 0 aliphatic carbocycles.